The van der Waals surface area contributed by atoms with Crippen LogP contribution in [0.5, 0.6) is 0 Å². The van der Waals surface area contributed by atoms with E-state index in [2.05, 4.69) is 51.5 Å². The fourth-order valence-electron chi connectivity index (χ4n) is 3.85. The van der Waals surface area contributed by atoms with E-state index >= 15 is 0 Å². The van der Waals surface area contributed by atoms with Gasteiger partial charge in [0.05, 0.1) is 0 Å². The normalized spacial score (nSPS) is 12.7. The molecule has 0 fully saturated rings. The van der Waals surface area contributed by atoms with Crippen molar-refractivity contribution < 1.29 is 14.4 Å². The second-order valence-corrected chi connectivity index (χ2v) is 9.09. The van der Waals surface area contributed by atoms with Crippen molar-refractivity contribution >= 4 is 29.8 Å². The van der Waals surface area contributed by atoms with E-state index < -0.39 is 0 Å². The summed E-state index contributed by atoms with van der Waals surface area (Å²) in [5.41, 5.74) is 4.58. The molecule has 5 heteroatoms. The molecule has 0 aliphatic carbocycles. The number of hydrogen-bond donors (Lipinski definition) is 1. The molecule has 0 aliphatic rings. The highest BCUT2D eigenvalue weighted by molar-refractivity contribution is 6.57. The molecule has 1 rings (SSSR count). The van der Waals surface area contributed by atoms with Crippen molar-refractivity contribution in [1.82, 2.24) is 5.32 Å². The zero-order valence-electron chi connectivity index (χ0n) is 19.6. The average Bonchev–Trinajstić information content (AvgIpc) is 2.61. The van der Waals surface area contributed by atoms with Crippen LogP contribution in [0.15, 0.2) is 24.8 Å². The molecule has 164 valence electrons. The molecule has 0 radical (unpaired) electrons. The predicted molar refractivity (Wildman–Crippen MR) is 127 cm³/mol. The number of carbonyl (C=O) groups is 3. The van der Waals surface area contributed by atoms with Gasteiger partial charge in [-0.05, 0) is 68.2 Å². The summed E-state index contributed by atoms with van der Waals surface area (Å²) < 4.78 is 0. The van der Waals surface area contributed by atoms with Crippen LogP contribution in [0, 0.1) is 12.8 Å². The van der Waals surface area contributed by atoms with Crippen LogP contribution >= 0.6 is 0 Å². The van der Waals surface area contributed by atoms with Gasteiger partial charge in [0, 0.05) is 25.2 Å². The predicted octanol–water partition coefficient (Wildman–Crippen LogP) is 5.09. The third-order valence-electron chi connectivity index (χ3n) is 5.58. The number of nitrogens with one attached hydrogen (secondary N) is 1. The maximum atomic E-state index is 12.3. The SMILES string of the molecule is C=C(CC(C)CC(C)=O)c1cccc(CC(NC(=O)CCCC(C)=O)B(C)C)c1C. The lowest BCUT2D eigenvalue weighted by atomic mass is 9.47. The van der Waals surface area contributed by atoms with Gasteiger partial charge in [-0.15, -0.1) is 0 Å². The maximum absolute atomic E-state index is 12.3. The van der Waals surface area contributed by atoms with E-state index in [1.54, 1.807) is 13.8 Å². The fraction of sp³-hybridized carbons (Fsp3) is 0.560. The molecule has 1 aromatic carbocycles. The molecule has 30 heavy (non-hydrogen) atoms. The molecule has 4 nitrogen and oxygen atoms in total. The van der Waals surface area contributed by atoms with Crippen molar-refractivity contribution in [1.29, 1.82) is 0 Å². The zero-order valence-corrected chi connectivity index (χ0v) is 19.6. The Labute approximate surface area is 183 Å². The van der Waals surface area contributed by atoms with Gasteiger partial charge in [0.15, 0.2) is 6.71 Å². The molecule has 2 unspecified atom stereocenters. The number of allylic oxidation sites excluding steroid dienone is 1. The zero-order chi connectivity index (χ0) is 22.8. The van der Waals surface area contributed by atoms with Gasteiger partial charge in [-0.3, -0.25) is 4.79 Å². The van der Waals surface area contributed by atoms with E-state index in [1.165, 1.54) is 11.1 Å². The summed E-state index contributed by atoms with van der Waals surface area (Å²) >= 11 is 0. The van der Waals surface area contributed by atoms with Crippen LogP contribution in [0.25, 0.3) is 5.57 Å². The molecule has 1 amide bonds. The van der Waals surface area contributed by atoms with Crippen LogP contribution in [0.1, 0.15) is 69.6 Å². The van der Waals surface area contributed by atoms with E-state index in [1.807, 2.05) is 6.07 Å². The molecule has 0 spiro atoms. The minimum atomic E-state index is 0.00576. The van der Waals surface area contributed by atoms with Crippen LogP contribution in [-0.4, -0.2) is 30.1 Å². The lowest BCUT2D eigenvalue weighted by Crippen LogP contribution is -2.44. The van der Waals surface area contributed by atoms with Gasteiger partial charge in [-0.25, -0.2) is 0 Å². The van der Waals surface area contributed by atoms with E-state index in [-0.39, 0.29) is 29.3 Å². The van der Waals surface area contributed by atoms with Gasteiger partial charge in [0.1, 0.15) is 11.6 Å². The Hall–Kier alpha value is -2.17. The Morgan fingerprint density at radius 3 is 2.30 bits per heavy atom. The first-order valence-corrected chi connectivity index (χ1v) is 11.1. The number of carbonyl (C=O) groups excluding carboxylic acids is 3. The quantitative estimate of drug-likeness (QED) is 0.460. The summed E-state index contributed by atoms with van der Waals surface area (Å²) in [5.74, 6) is 0.642. The second kappa shape index (κ2) is 12.5. The lowest BCUT2D eigenvalue weighted by Gasteiger charge is -2.23. The number of amides is 1. The Morgan fingerprint density at radius 2 is 1.73 bits per heavy atom. The van der Waals surface area contributed by atoms with Gasteiger partial charge >= 0.3 is 0 Å². The highest BCUT2D eigenvalue weighted by Gasteiger charge is 2.21. The summed E-state index contributed by atoms with van der Waals surface area (Å²) in [6, 6.07) is 6.25. The van der Waals surface area contributed by atoms with Crippen molar-refractivity contribution in [3.05, 3.63) is 41.5 Å². The molecule has 0 saturated heterocycles. The van der Waals surface area contributed by atoms with Gasteiger partial charge < -0.3 is 14.9 Å². The van der Waals surface area contributed by atoms with Gasteiger partial charge in [0.2, 0.25) is 5.91 Å². The summed E-state index contributed by atoms with van der Waals surface area (Å²) in [7, 11) is 0. The van der Waals surface area contributed by atoms with Crippen LogP contribution in [0.2, 0.25) is 13.6 Å². The lowest BCUT2D eigenvalue weighted by molar-refractivity contribution is -0.122. The van der Waals surface area contributed by atoms with Gasteiger partial charge in [0.25, 0.3) is 0 Å². The molecule has 1 N–H and O–H groups in total. The first-order valence-electron chi connectivity index (χ1n) is 11.1. The van der Waals surface area contributed by atoms with Crippen LogP contribution in [-0.2, 0) is 20.8 Å². The minimum Gasteiger partial charge on any atom is -0.360 e. The average molecular weight is 411 g/mol. The van der Waals surface area contributed by atoms with Gasteiger partial charge in [-0.1, -0.05) is 45.3 Å². The molecule has 0 heterocycles. The number of rotatable bonds is 13. The minimum absolute atomic E-state index is 0.00576. The van der Waals surface area contributed by atoms with Crippen LogP contribution in [0.3, 0.4) is 0 Å². The number of hydrogen-bond acceptors (Lipinski definition) is 3. The molecule has 0 aliphatic heterocycles. The largest absolute Gasteiger partial charge is 0.360 e. The van der Waals surface area contributed by atoms with Crippen molar-refractivity contribution in [3.63, 3.8) is 0 Å². The number of ketones is 2. The molecule has 2 atom stereocenters. The van der Waals surface area contributed by atoms with Crippen molar-refractivity contribution in [2.75, 3.05) is 0 Å². The first kappa shape index (κ1) is 25.9. The smallest absolute Gasteiger partial charge is 0.219 e. The molecule has 0 saturated carbocycles. The van der Waals surface area contributed by atoms with Crippen LogP contribution < -0.4 is 5.32 Å². The Bertz CT molecular complexity index is 770. The first-order chi connectivity index (χ1) is 14.0. The summed E-state index contributed by atoms with van der Waals surface area (Å²) in [6.45, 7) is 16.2. The standard InChI is InChI=1S/C25H38BNO3/c1-17(15-20(4)29)14-18(2)23-12-9-11-22(21(23)5)16-24(26(6)7)27-25(30)13-8-10-19(3)28/h9,11-12,17,24H,2,8,10,13-16H2,1,3-7H3,(H,27,30). The summed E-state index contributed by atoms with van der Waals surface area (Å²) in [4.78, 5) is 34.8. The Kier molecular flexibility index (Phi) is 10.8. The molecular weight excluding hydrogens is 373 g/mol. The molecular formula is C25H38BNO3. The molecule has 0 bridgehead atoms. The van der Waals surface area contributed by atoms with E-state index in [9.17, 15) is 14.4 Å². The highest BCUT2D eigenvalue weighted by atomic mass is 16.1. The molecule has 0 aromatic heterocycles. The third-order valence-corrected chi connectivity index (χ3v) is 5.58. The maximum Gasteiger partial charge on any atom is 0.219 e. The number of benzene rings is 1. The van der Waals surface area contributed by atoms with Crippen molar-refractivity contribution in [3.8, 4) is 0 Å². The van der Waals surface area contributed by atoms with E-state index in [0.717, 1.165) is 24.0 Å². The fourth-order valence-corrected chi connectivity index (χ4v) is 3.85. The van der Waals surface area contributed by atoms with Crippen molar-refractivity contribution in [2.45, 2.75) is 85.8 Å². The summed E-state index contributed by atoms with van der Waals surface area (Å²) in [6.07, 6.45) is 3.55. The topological polar surface area (TPSA) is 63.2 Å². The molecule has 1 aromatic rings. The van der Waals surface area contributed by atoms with Gasteiger partial charge in [-0.2, -0.15) is 0 Å². The van der Waals surface area contributed by atoms with Crippen molar-refractivity contribution in [2.24, 2.45) is 5.92 Å². The van der Waals surface area contributed by atoms with E-state index in [4.69, 9.17) is 0 Å². The van der Waals surface area contributed by atoms with E-state index in [0.29, 0.717) is 32.4 Å². The highest BCUT2D eigenvalue weighted by Crippen LogP contribution is 2.27. The van der Waals surface area contributed by atoms with Crippen LogP contribution in [0.4, 0.5) is 0 Å². The Morgan fingerprint density at radius 1 is 1.07 bits per heavy atom. The Balaban J connectivity index is 2.85. The summed E-state index contributed by atoms with van der Waals surface area (Å²) in [5, 5.41) is 3.16. The third kappa shape index (κ3) is 9.10. The number of Topliss-reactive ketones (excluding diaryl/α,β-unsaturated/α-hetero) is 2. The monoisotopic (exact) mass is 411 g/mol. The second-order valence-electron chi connectivity index (χ2n) is 9.09.